The second-order valence-corrected chi connectivity index (χ2v) is 5.74. The Kier molecular flexibility index (Phi) is 4.50. The topological polar surface area (TPSA) is 74.5 Å². The minimum Gasteiger partial charge on any atom is -0.337 e. The summed E-state index contributed by atoms with van der Waals surface area (Å²) in [5.74, 6) is 0.627. The Morgan fingerprint density at radius 3 is 2.86 bits per heavy atom. The molecule has 3 rings (SSSR count). The number of hydrogen-bond donors (Lipinski definition) is 1. The monoisotopic (exact) mass is 293 g/mol. The Morgan fingerprint density at radius 1 is 1.38 bits per heavy atom. The maximum atomic E-state index is 12.4. The van der Waals surface area contributed by atoms with Crippen LogP contribution in [0.25, 0.3) is 0 Å². The smallest absolute Gasteiger partial charge is 0.295 e. The van der Waals surface area contributed by atoms with Gasteiger partial charge >= 0.3 is 0 Å². The van der Waals surface area contributed by atoms with Crippen LogP contribution in [0.1, 0.15) is 48.7 Å². The molecule has 0 spiro atoms. The van der Waals surface area contributed by atoms with Crippen molar-refractivity contribution < 1.29 is 9.32 Å². The zero-order chi connectivity index (χ0) is 14.7. The SMILES string of the molecule is CCCN1CCN(C(=O)c2noc(C3CCCN3)n2)CC1. The van der Waals surface area contributed by atoms with Crippen molar-refractivity contribution in [2.45, 2.75) is 32.2 Å². The Labute approximate surface area is 124 Å². The Bertz CT molecular complexity index is 475. The summed E-state index contributed by atoms with van der Waals surface area (Å²) in [5, 5.41) is 7.16. The van der Waals surface area contributed by atoms with E-state index in [9.17, 15) is 4.79 Å². The lowest BCUT2D eigenvalue weighted by molar-refractivity contribution is 0.0622. The minimum atomic E-state index is -0.112. The molecule has 7 nitrogen and oxygen atoms in total. The van der Waals surface area contributed by atoms with Gasteiger partial charge in [-0.05, 0) is 32.4 Å². The van der Waals surface area contributed by atoms with E-state index in [1.165, 1.54) is 0 Å². The van der Waals surface area contributed by atoms with Crippen LogP contribution in [-0.2, 0) is 0 Å². The molecule has 2 aliphatic rings. The first kappa shape index (κ1) is 14.5. The zero-order valence-electron chi connectivity index (χ0n) is 12.5. The zero-order valence-corrected chi connectivity index (χ0v) is 12.5. The molecule has 0 saturated carbocycles. The van der Waals surface area contributed by atoms with Crippen molar-refractivity contribution in [1.82, 2.24) is 25.3 Å². The van der Waals surface area contributed by atoms with Crippen LogP contribution < -0.4 is 5.32 Å². The van der Waals surface area contributed by atoms with E-state index in [4.69, 9.17) is 4.52 Å². The van der Waals surface area contributed by atoms with E-state index < -0.39 is 0 Å². The number of amides is 1. The van der Waals surface area contributed by atoms with Crippen LogP contribution in [0.5, 0.6) is 0 Å². The predicted octanol–water partition coefficient (Wildman–Crippen LogP) is 0.662. The first-order valence-corrected chi connectivity index (χ1v) is 7.86. The number of piperazine rings is 1. The second-order valence-electron chi connectivity index (χ2n) is 5.74. The standard InChI is InChI=1S/C14H23N5O2/c1-2-6-18-7-9-19(10-8-18)14(20)12-16-13(21-17-12)11-4-3-5-15-11/h11,15H,2-10H2,1H3. The van der Waals surface area contributed by atoms with E-state index in [0.717, 1.165) is 58.5 Å². The van der Waals surface area contributed by atoms with Crippen molar-refractivity contribution >= 4 is 5.91 Å². The number of rotatable bonds is 4. The van der Waals surface area contributed by atoms with Crippen LogP contribution in [0.3, 0.4) is 0 Å². The summed E-state index contributed by atoms with van der Waals surface area (Å²) in [7, 11) is 0. The number of nitrogens with one attached hydrogen (secondary N) is 1. The Morgan fingerprint density at radius 2 is 2.19 bits per heavy atom. The van der Waals surface area contributed by atoms with Gasteiger partial charge in [-0.3, -0.25) is 9.69 Å². The molecular formula is C14H23N5O2. The molecule has 116 valence electrons. The molecule has 1 unspecified atom stereocenters. The molecular weight excluding hydrogens is 270 g/mol. The maximum Gasteiger partial charge on any atom is 0.295 e. The highest BCUT2D eigenvalue weighted by molar-refractivity contribution is 5.90. The molecule has 2 fully saturated rings. The van der Waals surface area contributed by atoms with Crippen LogP contribution >= 0.6 is 0 Å². The van der Waals surface area contributed by atoms with Gasteiger partial charge in [0.1, 0.15) is 0 Å². The fourth-order valence-electron chi connectivity index (χ4n) is 2.99. The molecule has 0 aromatic carbocycles. The van der Waals surface area contributed by atoms with Crippen LogP contribution in [0.15, 0.2) is 4.52 Å². The second kappa shape index (κ2) is 6.53. The number of carbonyl (C=O) groups excluding carboxylic acids is 1. The van der Waals surface area contributed by atoms with Crippen molar-refractivity contribution in [3.05, 3.63) is 11.7 Å². The number of nitrogens with zero attached hydrogens (tertiary/aromatic N) is 4. The van der Waals surface area contributed by atoms with Crippen molar-refractivity contribution in [1.29, 1.82) is 0 Å². The molecule has 7 heteroatoms. The molecule has 1 amide bonds. The van der Waals surface area contributed by atoms with Gasteiger partial charge in [0.15, 0.2) is 0 Å². The third-order valence-electron chi connectivity index (χ3n) is 4.19. The molecule has 0 bridgehead atoms. The Balaban J connectivity index is 1.58. The van der Waals surface area contributed by atoms with Gasteiger partial charge in [0.25, 0.3) is 11.7 Å². The van der Waals surface area contributed by atoms with Gasteiger partial charge < -0.3 is 14.7 Å². The molecule has 1 aromatic rings. The van der Waals surface area contributed by atoms with Gasteiger partial charge in [0.2, 0.25) is 5.89 Å². The molecule has 2 saturated heterocycles. The van der Waals surface area contributed by atoms with Crippen molar-refractivity contribution in [2.75, 3.05) is 39.3 Å². The summed E-state index contributed by atoms with van der Waals surface area (Å²) in [6.45, 7) is 7.57. The van der Waals surface area contributed by atoms with Crippen LogP contribution in [0.4, 0.5) is 0 Å². The number of hydrogen-bond acceptors (Lipinski definition) is 6. The molecule has 1 aromatic heterocycles. The lowest BCUT2D eigenvalue weighted by atomic mass is 10.2. The minimum absolute atomic E-state index is 0.112. The number of carbonyl (C=O) groups is 1. The van der Waals surface area contributed by atoms with E-state index >= 15 is 0 Å². The van der Waals surface area contributed by atoms with E-state index in [-0.39, 0.29) is 17.8 Å². The molecule has 2 aliphatic heterocycles. The highest BCUT2D eigenvalue weighted by atomic mass is 16.5. The summed E-state index contributed by atoms with van der Waals surface area (Å²) >= 11 is 0. The van der Waals surface area contributed by atoms with E-state index in [2.05, 4.69) is 27.3 Å². The fraction of sp³-hybridized carbons (Fsp3) is 0.786. The van der Waals surface area contributed by atoms with Crippen molar-refractivity contribution in [3.63, 3.8) is 0 Å². The van der Waals surface area contributed by atoms with Gasteiger partial charge in [-0.2, -0.15) is 4.98 Å². The average Bonchev–Trinajstić information content (AvgIpc) is 3.19. The summed E-state index contributed by atoms with van der Waals surface area (Å²) in [6, 6.07) is 0.112. The van der Waals surface area contributed by atoms with Gasteiger partial charge in [0.05, 0.1) is 6.04 Å². The molecule has 3 heterocycles. The van der Waals surface area contributed by atoms with Gasteiger partial charge in [-0.25, -0.2) is 0 Å². The van der Waals surface area contributed by atoms with Crippen molar-refractivity contribution in [2.24, 2.45) is 0 Å². The fourth-order valence-corrected chi connectivity index (χ4v) is 2.99. The summed E-state index contributed by atoms with van der Waals surface area (Å²) in [4.78, 5) is 20.9. The van der Waals surface area contributed by atoms with E-state index in [1.807, 2.05) is 4.90 Å². The highest BCUT2D eigenvalue weighted by Crippen LogP contribution is 2.21. The maximum absolute atomic E-state index is 12.4. The van der Waals surface area contributed by atoms with Crippen LogP contribution in [-0.4, -0.2) is 65.1 Å². The van der Waals surface area contributed by atoms with Gasteiger partial charge in [-0.1, -0.05) is 12.1 Å². The molecule has 0 aliphatic carbocycles. The molecule has 1 atom stereocenters. The first-order chi connectivity index (χ1) is 10.3. The van der Waals surface area contributed by atoms with Gasteiger partial charge in [0, 0.05) is 26.2 Å². The summed E-state index contributed by atoms with van der Waals surface area (Å²) in [6.07, 6.45) is 3.25. The van der Waals surface area contributed by atoms with Crippen molar-refractivity contribution in [3.8, 4) is 0 Å². The summed E-state index contributed by atoms with van der Waals surface area (Å²) in [5.41, 5.74) is 0. The average molecular weight is 293 g/mol. The number of aromatic nitrogens is 2. The Hall–Kier alpha value is -1.47. The van der Waals surface area contributed by atoms with E-state index in [0.29, 0.717) is 5.89 Å². The van der Waals surface area contributed by atoms with Crippen LogP contribution in [0, 0.1) is 0 Å². The third kappa shape index (κ3) is 3.24. The predicted molar refractivity (Wildman–Crippen MR) is 76.9 cm³/mol. The quantitative estimate of drug-likeness (QED) is 0.879. The first-order valence-electron chi connectivity index (χ1n) is 7.86. The van der Waals surface area contributed by atoms with Crippen LogP contribution in [0.2, 0.25) is 0 Å². The molecule has 0 radical (unpaired) electrons. The molecule has 1 N–H and O–H groups in total. The normalized spacial score (nSPS) is 23.7. The van der Waals surface area contributed by atoms with E-state index in [1.54, 1.807) is 0 Å². The van der Waals surface area contributed by atoms with Gasteiger partial charge in [-0.15, -0.1) is 0 Å². The largest absolute Gasteiger partial charge is 0.337 e. The molecule has 21 heavy (non-hydrogen) atoms. The third-order valence-corrected chi connectivity index (χ3v) is 4.19. The lowest BCUT2D eigenvalue weighted by Gasteiger charge is -2.33. The highest BCUT2D eigenvalue weighted by Gasteiger charge is 2.28. The lowest BCUT2D eigenvalue weighted by Crippen LogP contribution is -2.49. The summed E-state index contributed by atoms with van der Waals surface area (Å²) < 4.78 is 5.24.